The van der Waals surface area contributed by atoms with E-state index in [1.807, 2.05) is 38.1 Å². The lowest BCUT2D eigenvalue weighted by Crippen LogP contribution is -2.50. The largest absolute Gasteiger partial charge is 0.373 e. The van der Waals surface area contributed by atoms with Gasteiger partial charge in [-0.1, -0.05) is 23.7 Å². The van der Waals surface area contributed by atoms with Crippen LogP contribution in [0.4, 0.5) is 0 Å². The fraction of sp³-hybridized carbons (Fsp3) is 0.611. The van der Waals surface area contributed by atoms with Crippen LogP contribution in [0.25, 0.3) is 0 Å². The number of hydrogen-bond acceptors (Lipinski definition) is 4. The second kappa shape index (κ2) is 12.2. The Morgan fingerprint density at radius 1 is 1.18 bits per heavy atom. The topological polar surface area (TPSA) is 83.0 Å². The van der Waals surface area contributed by atoms with Crippen LogP contribution in [0, 0.1) is 0 Å². The smallest absolute Gasteiger partial charge is 0.216 e. The van der Waals surface area contributed by atoms with E-state index in [0.717, 1.165) is 11.4 Å². The van der Waals surface area contributed by atoms with Crippen molar-refractivity contribution in [3.8, 4) is 0 Å². The third kappa shape index (κ3) is 8.40. The van der Waals surface area contributed by atoms with Crippen molar-refractivity contribution >= 4 is 51.6 Å². The normalized spacial score (nSPS) is 21.1. The molecule has 0 spiro atoms. The van der Waals surface area contributed by atoms with E-state index in [1.165, 1.54) is 9.87 Å². The lowest BCUT2D eigenvalue weighted by Gasteiger charge is -2.34. The summed E-state index contributed by atoms with van der Waals surface area (Å²) in [6.45, 7) is 5.57. The molecule has 2 rings (SSSR count). The molecule has 160 valence electrons. The number of hydrogen-bond donors (Lipinski definition) is 2. The van der Waals surface area contributed by atoms with Crippen molar-refractivity contribution in [1.82, 2.24) is 14.9 Å². The summed E-state index contributed by atoms with van der Waals surface area (Å²) in [5.74, 6) is 0.604. The maximum absolute atomic E-state index is 12.5. The lowest BCUT2D eigenvalue weighted by atomic mass is 10.1. The van der Waals surface area contributed by atoms with E-state index < -0.39 is 10.0 Å². The van der Waals surface area contributed by atoms with Gasteiger partial charge in [-0.15, -0.1) is 24.0 Å². The van der Waals surface area contributed by atoms with Gasteiger partial charge in [0.25, 0.3) is 0 Å². The highest BCUT2D eigenvalue weighted by Gasteiger charge is 2.30. The Kier molecular flexibility index (Phi) is 11.0. The first kappa shape index (κ1) is 25.4. The van der Waals surface area contributed by atoms with E-state index >= 15 is 0 Å². The minimum absolute atomic E-state index is 0. The van der Waals surface area contributed by atoms with Gasteiger partial charge in [0.15, 0.2) is 5.96 Å². The highest BCUT2D eigenvalue weighted by atomic mass is 127. The summed E-state index contributed by atoms with van der Waals surface area (Å²) in [6.07, 6.45) is 0.650. The van der Waals surface area contributed by atoms with E-state index in [1.54, 1.807) is 7.05 Å². The molecular weight excluding hydrogens is 515 g/mol. The predicted molar refractivity (Wildman–Crippen MR) is 125 cm³/mol. The van der Waals surface area contributed by atoms with Gasteiger partial charge in [0, 0.05) is 38.2 Å². The van der Waals surface area contributed by atoms with Crippen LogP contribution in [-0.2, 0) is 21.2 Å². The highest BCUT2D eigenvalue weighted by molar-refractivity contribution is 14.0. The number of halogens is 2. The summed E-state index contributed by atoms with van der Waals surface area (Å²) in [6, 6.07) is 7.69. The highest BCUT2D eigenvalue weighted by Crippen LogP contribution is 2.14. The summed E-state index contributed by atoms with van der Waals surface area (Å²) in [4.78, 5) is 4.13. The van der Waals surface area contributed by atoms with Crippen LogP contribution in [0.3, 0.4) is 0 Å². The van der Waals surface area contributed by atoms with Gasteiger partial charge < -0.3 is 15.4 Å². The summed E-state index contributed by atoms with van der Waals surface area (Å²) >= 11 is 5.88. The molecule has 1 aliphatic heterocycles. The Labute approximate surface area is 190 Å². The number of ether oxygens (including phenoxy) is 1. The minimum atomic E-state index is -3.33. The molecule has 2 unspecified atom stereocenters. The maximum atomic E-state index is 12.5. The van der Waals surface area contributed by atoms with Crippen LogP contribution in [0.5, 0.6) is 0 Å². The molecule has 28 heavy (non-hydrogen) atoms. The molecular formula is C18H30ClIN4O3S. The third-order valence-corrected chi connectivity index (χ3v) is 6.33. The first-order valence-corrected chi connectivity index (χ1v) is 11.1. The van der Waals surface area contributed by atoms with Crippen LogP contribution in [-0.4, -0.2) is 69.9 Å². The molecule has 2 N–H and O–H groups in total. The molecule has 1 heterocycles. The quantitative estimate of drug-likeness (QED) is 0.312. The first-order valence-electron chi connectivity index (χ1n) is 9.12. The molecule has 1 aromatic carbocycles. The molecule has 10 heteroatoms. The molecule has 0 amide bonds. The molecule has 0 aliphatic carbocycles. The van der Waals surface area contributed by atoms with E-state index in [4.69, 9.17) is 16.3 Å². The zero-order valence-electron chi connectivity index (χ0n) is 16.5. The summed E-state index contributed by atoms with van der Waals surface area (Å²) < 4.78 is 32.2. The van der Waals surface area contributed by atoms with Gasteiger partial charge in [-0.3, -0.25) is 4.99 Å². The van der Waals surface area contributed by atoms with Crippen molar-refractivity contribution in [3.05, 3.63) is 34.9 Å². The van der Waals surface area contributed by atoms with Gasteiger partial charge in [-0.2, -0.15) is 4.31 Å². The minimum Gasteiger partial charge on any atom is -0.373 e. The SMILES string of the molecule is CN=C(NCCc1ccc(Cl)cc1)NCCS(=O)(=O)N1CC(C)OC(C)C1.I. The van der Waals surface area contributed by atoms with Gasteiger partial charge in [0.1, 0.15) is 0 Å². The average molecular weight is 545 g/mol. The Bertz CT molecular complexity index is 721. The van der Waals surface area contributed by atoms with Crippen LogP contribution in [0.1, 0.15) is 19.4 Å². The number of aliphatic imine (C=N–C) groups is 1. The second-order valence-corrected chi connectivity index (χ2v) is 9.22. The lowest BCUT2D eigenvalue weighted by molar-refractivity contribution is -0.0440. The van der Waals surface area contributed by atoms with Crippen molar-refractivity contribution in [1.29, 1.82) is 0 Å². The van der Waals surface area contributed by atoms with Crippen LogP contribution < -0.4 is 10.6 Å². The second-order valence-electron chi connectivity index (χ2n) is 6.69. The zero-order chi connectivity index (χ0) is 19.9. The predicted octanol–water partition coefficient (Wildman–Crippen LogP) is 2.10. The molecule has 2 atom stereocenters. The molecule has 7 nitrogen and oxygen atoms in total. The Balaban J connectivity index is 0.00000392. The Hall–Kier alpha value is -0.620. The molecule has 0 bridgehead atoms. The van der Waals surface area contributed by atoms with E-state index in [0.29, 0.717) is 32.1 Å². The summed E-state index contributed by atoms with van der Waals surface area (Å²) in [5.41, 5.74) is 1.17. The van der Waals surface area contributed by atoms with Crippen LogP contribution >= 0.6 is 35.6 Å². The van der Waals surface area contributed by atoms with Crippen molar-refractivity contribution in [3.63, 3.8) is 0 Å². The number of sulfonamides is 1. The zero-order valence-corrected chi connectivity index (χ0v) is 20.4. The van der Waals surface area contributed by atoms with Gasteiger partial charge in [-0.05, 0) is 38.0 Å². The van der Waals surface area contributed by atoms with Crippen molar-refractivity contribution in [2.24, 2.45) is 4.99 Å². The maximum Gasteiger partial charge on any atom is 0.216 e. The van der Waals surface area contributed by atoms with E-state index in [-0.39, 0.29) is 41.9 Å². The molecule has 0 aromatic heterocycles. The average Bonchev–Trinajstić information content (AvgIpc) is 2.61. The third-order valence-electron chi connectivity index (χ3n) is 4.27. The van der Waals surface area contributed by atoms with Crippen LogP contribution in [0.2, 0.25) is 5.02 Å². The monoisotopic (exact) mass is 544 g/mol. The number of morpholine rings is 1. The summed E-state index contributed by atoms with van der Waals surface area (Å²) in [7, 11) is -1.66. The van der Waals surface area contributed by atoms with E-state index in [9.17, 15) is 8.42 Å². The molecule has 1 aromatic rings. The van der Waals surface area contributed by atoms with Crippen molar-refractivity contribution in [2.75, 3.05) is 39.0 Å². The number of rotatable bonds is 7. The molecule has 0 saturated carbocycles. The van der Waals surface area contributed by atoms with Crippen molar-refractivity contribution in [2.45, 2.75) is 32.5 Å². The molecule has 1 saturated heterocycles. The molecule has 0 radical (unpaired) electrons. The fourth-order valence-corrected chi connectivity index (χ4v) is 4.60. The Morgan fingerprint density at radius 3 is 2.32 bits per heavy atom. The number of benzene rings is 1. The van der Waals surface area contributed by atoms with Gasteiger partial charge in [0.2, 0.25) is 10.0 Å². The number of guanidine groups is 1. The van der Waals surface area contributed by atoms with Gasteiger partial charge in [-0.25, -0.2) is 8.42 Å². The number of nitrogens with one attached hydrogen (secondary N) is 2. The van der Waals surface area contributed by atoms with Gasteiger partial charge in [0.05, 0.1) is 18.0 Å². The van der Waals surface area contributed by atoms with E-state index in [2.05, 4.69) is 15.6 Å². The standard InChI is InChI=1S/C18H29ClN4O3S.HI/c1-14-12-23(13-15(2)26-14)27(24,25)11-10-22-18(20-3)21-9-8-16-4-6-17(19)7-5-16;/h4-7,14-15H,8-13H2,1-3H3,(H2,20,21,22);1H. The Morgan fingerprint density at radius 2 is 1.75 bits per heavy atom. The first-order chi connectivity index (χ1) is 12.8. The van der Waals surface area contributed by atoms with Gasteiger partial charge >= 0.3 is 0 Å². The molecule has 1 aliphatic rings. The number of nitrogens with zero attached hydrogens (tertiary/aromatic N) is 2. The van der Waals surface area contributed by atoms with Crippen LogP contribution in [0.15, 0.2) is 29.3 Å². The molecule has 1 fully saturated rings. The summed E-state index contributed by atoms with van der Waals surface area (Å²) in [5, 5.41) is 6.97. The fourth-order valence-electron chi connectivity index (χ4n) is 2.98. The van der Waals surface area contributed by atoms with Crippen molar-refractivity contribution < 1.29 is 13.2 Å².